The molecule has 0 radical (unpaired) electrons. The Labute approximate surface area is 218 Å². The normalized spacial score (nSPS) is 18.1. The molecule has 5 rings (SSSR count). The first kappa shape index (κ1) is 24.8. The average molecular weight is 523 g/mol. The Morgan fingerprint density at radius 1 is 1.08 bits per heavy atom. The second-order valence-corrected chi connectivity index (χ2v) is 9.64. The minimum Gasteiger partial charge on any atom is -0.463 e. The number of esters is 1. The van der Waals surface area contributed by atoms with Gasteiger partial charge in [0.1, 0.15) is 18.9 Å². The molecule has 0 bridgehead atoms. The smallest absolute Gasteiger partial charge is 0.410 e. The fraction of sp³-hybridized carbons (Fsp3) is 0.346. The number of ether oxygens (including phenoxy) is 2. The van der Waals surface area contributed by atoms with Crippen molar-refractivity contribution in [3.8, 4) is 11.5 Å². The topological polar surface area (TPSA) is 115 Å². The lowest BCUT2D eigenvalue weighted by atomic mass is 10.0. The van der Waals surface area contributed by atoms with Crippen molar-refractivity contribution in [2.24, 2.45) is 0 Å². The fourth-order valence-corrected chi connectivity index (χ4v) is 5.16. The lowest BCUT2D eigenvalue weighted by Crippen LogP contribution is -2.52. The summed E-state index contributed by atoms with van der Waals surface area (Å²) in [5.41, 5.74) is 1.53. The van der Waals surface area contributed by atoms with E-state index in [1.807, 2.05) is 36.4 Å². The average Bonchev–Trinajstić information content (AvgIpc) is 3.62. The number of aromatic nitrogens is 2. The Bertz CT molecular complexity index is 1230. The molecule has 2 aliphatic heterocycles. The summed E-state index contributed by atoms with van der Waals surface area (Å²) in [5, 5.41) is 0.494. The van der Waals surface area contributed by atoms with Gasteiger partial charge in [0, 0.05) is 25.3 Å². The SMILES string of the molecule is O=C(OCc1ccccc1)C1COC(=O)N1C1CCN(C(=O)CSc2nccc(-c3ccco3)n2)CC1. The monoisotopic (exact) mass is 522 g/mol. The number of carbonyl (C=O) groups is 3. The number of carbonyl (C=O) groups excluding carboxylic acids is 3. The third-order valence-electron chi connectivity index (χ3n) is 6.35. The maximum atomic E-state index is 12.8. The zero-order valence-corrected chi connectivity index (χ0v) is 20.8. The number of benzene rings is 1. The molecule has 3 aromatic rings. The molecule has 1 atom stereocenters. The molecule has 2 amide bonds. The first-order valence-electron chi connectivity index (χ1n) is 12.0. The lowest BCUT2D eigenvalue weighted by molar-refractivity contribution is -0.150. The second-order valence-electron chi connectivity index (χ2n) is 8.70. The van der Waals surface area contributed by atoms with Gasteiger partial charge in [-0.25, -0.2) is 19.6 Å². The van der Waals surface area contributed by atoms with Gasteiger partial charge >= 0.3 is 12.1 Å². The molecule has 2 aromatic heterocycles. The number of hydrogen-bond donors (Lipinski definition) is 0. The first-order chi connectivity index (χ1) is 18.1. The molecule has 2 aliphatic rings. The highest BCUT2D eigenvalue weighted by Gasteiger charge is 2.44. The second kappa shape index (κ2) is 11.5. The van der Waals surface area contributed by atoms with E-state index in [-0.39, 0.29) is 30.9 Å². The van der Waals surface area contributed by atoms with Crippen molar-refractivity contribution in [2.45, 2.75) is 36.7 Å². The van der Waals surface area contributed by atoms with Crippen LogP contribution in [0.5, 0.6) is 0 Å². The van der Waals surface area contributed by atoms with Gasteiger partial charge in [0.2, 0.25) is 5.91 Å². The van der Waals surface area contributed by atoms with Crippen LogP contribution in [0.2, 0.25) is 0 Å². The van der Waals surface area contributed by atoms with Crippen LogP contribution in [0.4, 0.5) is 4.79 Å². The number of piperidine rings is 1. The molecule has 2 saturated heterocycles. The molecule has 10 nitrogen and oxygen atoms in total. The van der Waals surface area contributed by atoms with Gasteiger partial charge in [-0.3, -0.25) is 9.69 Å². The number of rotatable bonds is 8. The fourth-order valence-electron chi connectivity index (χ4n) is 4.43. The number of cyclic esters (lactones) is 1. The summed E-state index contributed by atoms with van der Waals surface area (Å²) >= 11 is 1.27. The van der Waals surface area contributed by atoms with E-state index >= 15 is 0 Å². The highest BCUT2D eigenvalue weighted by Crippen LogP contribution is 2.26. The molecule has 0 aliphatic carbocycles. The third kappa shape index (κ3) is 5.93. The van der Waals surface area contributed by atoms with Crippen molar-refractivity contribution in [2.75, 3.05) is 25.4 Å². The molecule has 2 fully saturated rings. The van der Waals surface area contributed by atoms with Gasteiger partial charge in [0.15, 0.2) is 17.0 Å². The Kier molecular flexibility index (Phi) is 7.69. The molecule has 1 unspecified atom stereocenters. The van der Waals surface area contributed by atoms with Gasteiger partial charge in [0.25, 0.3) is 0 Å². The number of furan rings is 1. The van der Waals surface area contributed by atoms with Crippen molar-refractivity contribution in [3.05, 3.63) is 66.6 Å². The first-order valence-corrected chi connectivity index (χ1v) is 13.0. The summed E-state index contributed by atoms with van der Waals surface area (Å²) in [6.07, 6.45) is 3.81. The molecule has 4 heterocycles. The summed E-state index contributed by atoms with van der Waals surface area (Å²) in [5.74, 6) is 0.326. The molecular formula is C26H26N4O6S. The number of likely N-dealkylation sites (tertiary alicyclic amines) is 1. The van der Waals surface area contributed by atoms with E-state index in [0.29, 0.717) is 42.5 Å². The number of hydrogen-bond acceptors (Lipinski definition) is 9. The Hall–Kier alpha value is -3.86. The Morgan fingerprint density at radius 2 is 1.89 bits per heavy atom. The van der Waals surface area contributed by atoms with Gasteiger partial charge in [-0.15, -0.1) is 0 Å². The van der Waals surface area contributed by atoms with E-state index in [9.17, 15) is 14.4 Å². The summed E-state index contributed by atoms with van der Waals surface area (Å²) in [6, 6.07) is 13.7. The van der Waals surface area contributed by atoms with Gasteiger partial charge < -0.3 is 18.8 Å². The molecule has 11 heteroatoms. The highest BCUT2D eigenvalue weighted by molar-refractivity contribution is 7.99. The van der Waals surface area contributed by atoms with Crippen LogP contribution in [-0.2, 0) is 25.7 Å². The maximum Gasteiger partial charge on any atom is 0.410 e. The van der Waals surface area contributed by atoms with Gasteiger partial charge in [-0.05, 0) is 36.6 Å². The van der Waals surface area contributed by atoms with Crippen molar-refractivity contribution in [1.29, 1.82) is 0 Å². The summed E-state index contributed by atoms with van der Waals surface area (Å²) < 4.78 is 16.0. The minimum absolute atomic E-state index is 0.0285. The molecular weight excluding hydrogens is 496 g/mol. The molecule has 0 saturated carbocycles. The third-order valence-corrected chi connectivity index (χ3v) is 7.20. The van der Waals surface area contributed by atoms with Crippen molar-refractivity contribution >= 4 is 29.7 Å². The molecule has 37 heavy (non-hydrogen) atoms. The van der Waals surface area contributed by atoms with Crippen molar-refractivity contribution in [1.82, 2.24) is 19.8 Å². The van der Waals surface area contributed by atoms with Crippen LogP contribution >= 0.6 is 11.8 Å². The molecule has 0 N–H and O–H groups in total. The van der Waals surface area contributed by atoms with E-state index in [4.69, 9.17) is 13.9 Å². The van der Waals surface area contributed by atoms with E-state index in [1.54, 1.807) is 29.5 Å². The van der Waals surface area contributed by atoms with Crippen LogP contribution in [0.3, 0.4) is 0 Å². The Balaban J connectivity index is 1.11. The predicted octanol–water partition coefficient (Wildman–Crippen LogP) is 3.38. The lowest BCUT2D eigenvalue weighted by Gasteiger charge is -2.37. The maximum absolute atomic E-state index is 12.8. The summed E-state index contributed by atoms with van der Waals surface area (Å²) in [4.78, 5) is 49.9. The molecule has 0 spiro atoms. The van der Waals surface area contributed by atoms with E-state index in [1.165, 1.54) is 16.7 Å². The summed E-state index contributed by atoms with van der Waals surface area (Å²) in [7, 11) is 0. The Morgan fingerprint density at radius 3 is 2.65 bits per heavy atom. The molecule has 192 valence electrons. The van der Waals surface area contributed by atoms with Gasteiger partial charge in [0.05, 0.1) is 12.0 Å². The van der Waals surface area contributed by atoms with E-state index < -0.39 is 18.1 Å². The van der Waals surface area contributed by atoms with Gasteiger partial charge in [-0.2, -0.15) is 0 Å². The quantitative estimate of drug-likeness (QED) is 0.249. The van der Waals surface area contributed by atoms with Crippen LogP contribution in [-0.4, -0.2) is 75.3 Å². The zero-order valence-electron chi connectivity index (χ0n) is 20.0. The van der Waals surface area contributed by atoms with Crippen molar-refractivity contribution in [3.63, 3.8) is 0 Å². The molecule has 1 aromatic carbocycles. The van der Waals surface area contributed by atoms with Crippen LogP contribution in [0.1, 0.15) is 18.4 Å². The van der Waals surface area contributed by atoms with Crippen LogP contribution < -0.4 is 0 Å². The number of amides is 2. The van der Waals surface area contributed by atoms with Crippen molar-refractivity contribution < 1.29 is 28.3 Å². The van der Waals surface area contributed by atoms with Crippen LogP contribution in [0.15, 0.2) is 70.6 Å². The van der Waals surface area contributed by atoms with E-state index in [2.05, 4.69) is 9.97 Å². The summed E-state index contributed by atoms with van der Waals surface area (Å²) in [6.45, 7) is 1.07. The highest BCUT2D eigenvalue weighted by atomic mass is 32.2. The minimum atomic E-state index is -0.780. The number of nitrogens with zero attached hydrogens (tertiary/aromatic N) is 4. The number of thioether (sulfide) groups is 1. The van der Waals surface area contributed by atoms with Crippen LogP contribution in [0, 0.1) is 0 Å². The van der Waals surface area contributed by atoms with Gasteiger partial charge in [-0.1, -0.05) is 42.1 Å². The zero-order chi connectivity index (χ0) is 25.6. The predicted molar refractivity (Wildman–Crippen MR) is 133 cm³/mol. The largest absolute Gasteiger partial charge is 0.463 e. The van der Waals surface area contributed by atoms with Crippen LogP contribution in [0.25, 0.3) is 11.5 Å². The standard InChI is InChI=1S/C26H26N4O6S/c31-23(17-37-25-27-11-8-20(28-25)22-7-4-14-34-22)29-12-9-19(10-13-29)30-21(16-36-26(30)33)24(32)35-15-18-5-2-1-3-6-18/h1-8,11,14,19,21H,9-10,12-13,15-17H2. The van der Waals surface area contributed by atoms with E-state index in [0.717, 1.165) is 5.56 Å².